The number of rotatable bonds is 2. The Labute approximate surface area is 148 Å². The molecular formula is C16H10BrN3OS2. The van der Waals surface area contributed by atoms with Crippen LogP contribution in [0.2, 0.25) is 0 Å². The Morgan fingerprint density at radius 2 is 2.04 bits per heavy atom. The monoisotopic (exact) mass is 403 g/mol. The Hall–Kier alpha value is -1.83. The zero-order chi connectivity index (χ0) is 16.0. The average Bonchev–Trinajstić information content (AvgIpc) is 3.08. The van der Waals surface area contributed by atoms with Gasteiger partial charge in [0.2, 0.25) is 0 Å². The van der Waals surface area contributed by atoms with Crippen molar-refractivity contribution in [2.45, 2.75) is 6.92 Å². The number of aryl methyl sites for hydroxylation is 1. The van der Waals surface area contributed by atoms with Gasteiger partial charge >= 0.3 is 0 Å². The van der Waals surface area contributed by atoms with Gasteiger partial charge in [-0.3, -0.25) is 10.1 Å². The Morgan fingerprint density at radius 3 is 2.87 bits per heavy atom. The largest absolute Gasteiger partial charge is 0.298 e. The van der Waals surface area contributed by atoms with Gasteiger partial charge in [-0.25, -0.2) is 9.97 Å². The zero-order valence-corrected chi connectivity index (χ0v) is 15.2. The number of benzene rings is 2. The molecule has 2 aromatic heterocycles. The predicted molar refractivity (Wildman–Crippen MR) is 99.6 cm³/mol. The molecule has 1 amide bonds. The molecule has 4 aromatic rings. The summed E-state index contributed by atoms with van der Waals surface area (Å²) in [5.41, 5.74) is 2.41. The molecule has 0 aliphatic carbocycles. The van der Waals surface area contributed by atoms with E-state index in [0.29, 0.717) is 10.7 Å². The van der Waals surface area contributed by atoms with E-state index in [0.717, 1.165) is 29.9 Å². The zero-order valence-electron chi connectivity index (χ0n) is 12.0. The van der Waals surface area contributed by atoms with E-state index in [9.17, 15) is 4.79 Å². The lowest BCUT2D eigenvalue weighted by molar-refractivity contribution is 0.102. The summed E-state index contributed by atoms with van der Waals surface area (Å²) in [6.07, 6.45) is 0. The lowest BCUT2D eigenvalue weighted by Crippen LogP contribution is -2.11. The van der Waals surface area contributed by atoms with Crippen molar-refractivity contribution in [2.75, 3.05) is 5.32 Å². The molecule has 0 saturated carbocycles. The molecular weight excluding hydrogens is 394 g/mol. The SMILES string of the molecule is Cc1nc2c(ccc3nc(NC(=O)c4cccc(Br)c4)sc32)s1. The van der Waals surface area contributed by atoms with E-state index in [1.165, 1.54) is 11.3 Å². The molecule has 0 aliphatic heterocycles. The van der Waals surface area contributed by atoms with E-state index < -0.39 is 0 Å². The Kier molecular flexibility index (Phi) is 3.63. The fourth-order valence-corrected chi connectivity index (χ4v) is 4.59. The molecule has 2 heterocycles. The summed E-state index contributed by atoms with van der Waals surface area (Å²) in [6, 6.07) is 11.3. The van der Waals surface area contributed by atoms with Crippen LogP contribution in [0.1, 0.15) is 15.4 Å². The number of thiazole rings is 2. The third-order valence-electron chi connectivity index (χ3n) is 3.33. The first-order valence-electron chi connectivity index (χ1n) is 6.84. The van der Waals surface area contributed by atoms with Crippen LogP contribution in [-0.4, -0.2) is 15.9 Å². The fourth-order valence-electron chi connectivity index (χ4n) is 2.34. The van der Waals surface area contributed by atoms with Crippen molar-refractivity contribution in [3.05, 3.63) is 51.4 Å². The maximum Gasteiger partial charge on any atom is 0.257 e. The quantitative estimate of drug-likeness (QED) is 0.498. The highest BCUT2D eigenvalue weighted by Gasteiger charge is 2.13. The summed E-state index contributed by atoms with van der Waals surface area (Å²) in [6.45, 7) is 1.99. The maximum atomic E-state index is 12.3. The molecule has 7 heteroatoms. The number of carbonyl (C=O) groups is 1. The van der Waals surface area contributed by atoms with Gasteiger partial charge in [-0.1, -0.05) is 33.3 Å². The second-order valence-electron chi connectivity index (χ2n) is 4.98. The smallest absolute Gasteiger partial charge is 0.257 e. The van der Waals surface area contributed by atoms with Crippen LogP contribution in [0.4, 0.5) is 5.13 Å². The summed E-state index contributed by atoms with van der Waals surface area (Å²) in [7, 11) is 0. The van der Waals surface area contributed by atoms with Crippen LogP contribution in [0, 0.1) is 6.92 Å². The number of hydrogen-bond acceptors (Lipinski definition) is 5. The number of fused-ring (bicyclic) bond motifs is 3. The highest BCUT2D eigenvalue weighted by molar-refractivity contribution is 9.10. The van der Waals surface area contributed by atoms with Gasteiger partial charge in [-0.2, -0.15) is 0 Å². The molecule has 2 aromatic carbocycles. The van der Waals surface area contributed by atoms with E-state index in [4.69, 9.17) is 0 Å². The summed E-state index contributed by atoms with van der Waals surface area (Å²) in [5, 5.41) is 4.48. The minimum absolute atomic E-state index is 0.170. The van der Waals surface area contributed by atoms with Crippen LogP contribution in [0.25, 0.3) is 20.4 Å². The van der Waals surface area contributed by atoms with Crippen molar-refractivity contribution in [1.29, 1.82) is 0 Å². The first-order chi connectivity index (χ1) is 11.1. The lowest BCUT2D eigenvalue weighted by atomic mass is 10.2. The van der Waals surface area contributed by atoms with Crippen LogP contribution in [-0.2, 0) is 0 Å². The van der Waals surface area contributed by atoms with Gasteiger partial charge in [-0.15, -0.1) is 11.3 Å². The van der Waals surface area contributed by atoms with Crippen molar-refractivity contribution in [2.24, 2.45) is 0 Å². The number of anilines is 1. The Balaban J connectivity index is 1.72. The van der Waals surface area contributed by atoms with Gasteiger partial charge < -0.3 is 0 Å². The van der Waals surface area contributed by atoms with Gasteiger partial charge in [-0.05, 0) is 37.3 Å². The van der Waals surface area contributed by atoms with E-state index in [2.05, 4.69) is 31.2 Å². The van der Waals surface area contributed by atoms with Crippen molar-refractivity contribution in [3.8, 4) is 0 Å². The lowest BCUT2D eigenvalue weighted by Gasteiger charge is -2.01. The van der Waals surface area contributed by atoms with E-state index in [-0.39, 0.29) is 5.91 Å². The third kappa shape index (κ3) is 2.75. The highest BCUT2D eigenvalue weighted by Crippen LogP contribution is 2.34. The molecule has 0 bridgehead atoms. The number of aromatic nitrogens is 2. The van der Waals surface area contributed by atoms with Crippen molar-refractivity contribution >= 4 is 70.1 Å². The molecule has 0 atom stereocenters. The number of nitrogens with zero attached hydrogens (tertiary/aromatic N) is 2. The minimum Gasteiger partial charge on any atom is -0.298 e. The normalized spacial score (nSPS) is 11.2. The number of amides is 1. The number of carbonyl (C=O) groups excluding carboxylic acids is 1. The number of hydrogen-bond donors (Lipinski definition) is 1. The van der Waals surface area contributed by atoms with Gasteiger partial charge in [0.25, 0.3) is 5.91 Å². The van der Waals surface area contributed by atoms with Crippen LogP contribution < -0.4 is 5.32 Å². The van der Waals surface area contributed by atoms with Gasteiger partial charge in [0.1, 0.15) is 5.52 Å². The minimum atomic E-state index is -0.170. The fraction of sp³-hybridized carbons (Fsp3) is 0.0625. The van der Waals surface area contributed by atoms with Crippen LogP contribution in [0.3, 0.4) is 0 Å². The second-order valence-corrected chi connectivity index (χ2v) is 8.13. The number of halogens is 1. The number of nitrogens with one attached hydrogen (secondary N) is 1. The molecule has 0 saturated heterocycles. The van der Waals surface area contributed by atoms with E-state index >= 15 is 0 Å². The molecule has 0 aliphatic rings. The predicted octanol–water partition coefficient (Wildman–Crippen LogP) is 5.23. The summed E-state index contributed by atoms with van der Waals surface area (Å²) in [4.78, 5) is 21.4. The second kappa shape index (κ2) is 5.67. The average molecular weight is 404 g/mol. The first-order valence-corrected chi connectivity index (χ1v) is 9.26. The third-order valence-corrected chi connectivity index (χ3v) is 5.75. The standard InChI is InChI=1S/C16H10BrN3OS2/c1-8-18-13-12(22-8)6-5-11-14(13)23-16(19-11)20-15(21)9-3-2-4-10(17)7-9/h2-7H,1H3,(H,19,20,21). The van der Waals surface area contributed by atoms with Gasteiger partial charge in [0.15, 0.2) is 5.13 Å². The molecule has 23 heavy (non-hydrogen) atoms. The maximum absolute atomic E-state index is 12.3. The molecule has 4 nitrogen and oxygen atoms in total. The van der Waals surface area contributed by atoms with E-state index in [1.807, 2.05) is 31.2 Å². The molecule has 0 fully saturated rings. The Bertz CT molecular complexity index is 1050. The Morgan fingerprint density at radius 1 is 1.17 bits per heavy atom. The molecule has 0 radical (unpaired) electrons. The van der Waals surface area contributed by atoms with Crippen molar-refractivity contribution in [3.63, 3.8) is 0 Å². The summed E-state index contributed by atoms with van der Waals surface area (Å²) >= 11 is 6.49. The molecule has 0 unspecified atom stereocenters. The van der Waals surface area contributed by atoms with Crippen LogP contribution in [0.5, 0.6) is 0 Å². The molecule has 1 N–H and O–H groups in total. The van der Waals surface area contributed by atoms with Gasteiger partial charge in [0.05, 0.1) is 19.9 Å². The molecule has 4 rings (SSSR count). The van der Waals surface area contributed by atoms with Crippen molar-refractivity contribution < 1.29 is 4.79 Å². The van der Waals surface area contributed by atoms with Gasteiger partial charge in [0, 0.05) is 10.0 Å². The highest BCUT2D eigenvalue weighted by atomic mass is 79.9. The summed E-state index contributed by atoms with van der Waals surface area (Å²) in [5.74, 6) is -0.170. The first kappa shape index (κ1) is 14.7. The molecule has 114 valence electrons. The van der Waals surface area contributed by atoms with E-state index in [1.54, 1.807) is 23.5 Å². The van der Waals surface area contributed by atoms with Crippen LogP contribution >= 0.6 is 38.6 Å². The molecule has 0 spiro atoms. The van der Waals surface area contributed by atoms with Crippen LogP contribution in [0.15, 0.2) is 40.9 Å². The topological polar surface area (TPSA) is 54.9 Å². The summed E-state index contributed by atoms with van der Waals surface area (Å²) < 4.78 is 3.02. The van der Waals surface area contributed by atoms with Crippen molar-refractivity contribution in [1.82, 2.24) is 9.97 Å².